The Balaban J connectivity index is 1.99. The van der Waals surface area contributed by atoms with Crippen LogP contribution in [-0.4, -0.2) is 39.2 Å². The van der Waals surface area contributed by atoms with Gasteiger partial charge in [0, 0.05) is 22.7 Å². The highest BCUT2D eigenvalue weighted by atomic mass is 35.5. The molecule has 2 aliphatic rings. The van der Waals surface area contributed by atoms with Crippen LogP contribution in [0.3, 0.4) is 0 Å². The van der Waals surface area contributed by atoms with E-state index in [1.165, 1.54) is 11.0 Å². The molecule has 2 atom stereocenters. The van der Waals surface area contributed by atoms with E-state index < -0.39 is 18.2 Å². The third-order valence-corrected chi connectivity index (χ3v) is 3.93. The number of carboxylic acid groups (broad SMARTS) is 1. The number of carbonyl (C=O) groups is 1. The second-order valence-electron chi connectivity index (χ2n) is 5.03. The number of amidine groups is 1. The topological polar surface area (TPSA) is 99.2 Å². The number of aliphatic imine (C=N–C) groups is 1. The average molecular weight is 308 g/mol. The van der Waals surface area contributed by atoms with Crippen LogP contribution in [0.1, 0.15) is 18.4 Å². The fourth-order valence-electron chi connectivity index (χ4n) is 2.71. The second-order valence-corrected chi connectivity index (χ2v) is 5.46. The van der Waals surface area contributed by atoms with Crippen molar-refractivity contribution in [3.05, 3.63) is 34.9 Å². The molecule has 3 rings (SSSR count). The third-order valence-electron chi connectivity index (χ3n) is 3.69. The first kappa shape index (κ1) is 13.9. The Morgan fingerprint density at radius 1 is 1.48 bits per heavy atom. The highest BCUT2D eigenvalue weighted by Crippen LogP contribution is 2.33. The molecule has 0 radical (unpaired) electrons. The Bertz CT molecular complexity index is 671. The van der Waals surface area contributed by atoms with Crippen molar-refractivity contribution in [3.8, 4) is 0 Å². The van der Waals surface area contributed by atoms with Crippen LogP contribution in [0.25, 0.3) is 5.70 Å². The molecule has 0 aliphatic carbocycles. The van der Waals surface area contributed by atoms with Crippen LogP contribution in [0.5, 0.6) is 0 Å². The van der Waals surface area contributed by atoms with Crippen molar-refractivity contribution in [1.29, 1.82) is 0 Å². The Kier molecular flexibility index (Phi) is 3.35. The molecular weight excluding hydrogens is 294 g/mol. The Morgan fingerprint density at radius 2 is 2.24 bits per heavy atom. The standard InChI is InChI=1S/C14H14ClN3O3/c15-7-1-2-9(16)8(5-7)10-6-13(19)18-11(14(20)21)3-4-12(18)17-10/h1-2,5-6,11,13,19H,3-4,16H2,(H,20,21)/t11-,13?/m0/s1. The lowest BCUT2D eigenvalue weighted by Crippen LogP contribution is -2.46. The summed E-state index contributed by atoms with van der Waals surface area (Å²) in [6.45, 7) is 0. The van der Waals surface area contributed by atoms with Gasteiger partial charge in [0.05, 0.1) is 5.70 Å². The quantitative estimate of drug-likeness (QED) is 0.720. The van der Waals surface area contributed by atoms with E-state index in [0.29, 0.717) is 40.6 Å². The van der Waals surface area contributed by atoms with Gasteiger partial charge in [-0.3, -0.25) is 0 Å². The highest BCUT2D eigenvalue weighted by Gasteiger charge is 2.40. The predicted octanol–water partition coefficient (Wildman–Crippen LogP) is 1.54. The largest absolute Gasteiger partial charge is 0.480 e. The van der Waals surface area contributed by atoms with Crippen molar-refractivity contribution in [2.24, 2.45) is 4.99 Å². The van der Waals surface area contributed by atoms with E-state index in [2.05, 4.69) is 4.99 Å². The molecular formula is C14H14ClN3O3. The van der Waals surface area contributed by atoms with Gasteiger partial charge in [-0.05, 0) is 30.7 Å². The number of hydrogen-bond acceptors (Lipinski definition) is 5. The van der Waals surface area contributed by atoms with E-state index in [1.807, 2.05) is 0 Å². The maximum absolute atomic E-state index is 11.2. The summed E-state index contributed by atoms with van der Waals surface area (Å²) in [7, 11) is 0. The summed E-state index contributed by atoms with van der Waals surface area (Å²) in [5, 5.41) is 19.9. The summed E-state index contributed by atoms with van der Waals surface area (Å²) in [5.74, 6) is -0.398. The molecule has 0 amide bonds. The zero-order valence-corrected chi connectivity index (χ0v) is 11.8. The number of carboxylic acids is 1. The first-order valence-electron chi connectivity index (χ1n) is 6.51. The molecule has 7 heteroatoms. The van der Waals surface area contributed by atoms with Crippen LogP contribution in [0, 0.1) is 0 Å². The smallest absolute Gasteiger partial charge is 0.326 e. The van der Waals surface area contributed by atoms with E-state index >= 15 is 0 Å². The van der Waals surface area contributed by atoms with Gasteiger partial charge in [0.15, 0.2) is 0 Å². The van der Waals surface area contributed by atoms with Gasteiger partial charge in [-0.15, -0.1) is 0 Å². The molecule has 1 aromatic rings. The van der Waals surface area contributed by atoms with E-state index in [1.54, 1.807) is 18.2 Å². The average Bonchev–Trinajstić information content (AvgIpc) is 2.86. The van der Waals surface area contributed by atoms with Crippen LogP contribution < -0.4 is 5.73 Å². The van der Waals surface area contributed by atoms with Gasteiger partial charge in [0.2, 0.25) is 0 Å². The number of rotatable bonds is 2. The molecule has 110 valence electrons. The van der Waals surface area contributed by atoms with Gasteiger partial charge in [-0.1, -0.05) is 11.6 Å². The second kappa shape index (κ2) is 5.05. The molecule has 0 spiro atoms. The summed E-state index contributed by atoms with van der Waals surface area (Å²) < 4.78 is 0. The minimum absolute atomic E-state index is 0.428. The first-order valence-corrected chi connectivity index (χ1v) is 6.89. The van der Waals surface area contributed by atoms with Gasteiger partial charge in [-0.25, -0.2) is 9.79 Å². The van der Waals surface area contributed by atoms with Gasteiger partial charge in [0.25, 0.3) is 0 Å². The summed E-state index contributed by atoms with van der Waals surface area (Å²) in [6, 6.07) is 4.29. The monoisotopic (exact) mass is 307 g/mol. The number of benzene rings is 1. The molecule has 21 heavy (non-hydrogen) atoms. The highest BCUT2D eigenvalue weighted by molar-refractivity contribution is 6.30. The number of fused-ring (bicyclic) bond motifs is 1. The normalized spacial score (nSPS) is 24.4. The Labute approximate surface area is 126 Å². The number of anilines is 1. The summed E-state index contributed by atoms with van der Waals surface area (Å²) in [4.78, 5) is 17.1. The van der Waals surface area contributed by atoms with Gasteiger partial charge in [0.1, 0.15) is 18.1 Å². The van der Waals surface area contributed by atoms with E-state index in [9.17, 15) is 9.90 Å². The maximum atomic E-state index is 11.2. The van der Waals surface area contributed by atoms with Gasteiger partial charge < -0.3 is 20.8 Å². The van der Waals surface area contributed by atoms with E-state index in [0.717, 1.165) is 0 Å². The van der Waals surface area contributed by atoms with Crippen molar-refractivity contribution in [1.82, 2.24) is 4.90 Å². The number of aliphatic hydroxyl groups is 1. The van der Waals surface area contributed by atoms with E-state index in [4.69, 9.17) is 22.4 Å². The summed E-state index contributed by atoms with van der Waals surface area (Å²) in [5.41, 5.74) is 7.57. The number of nitrogens with zero attached hydrogens (tertiary/aromatic N) is 2. The van der Waals surface area contributed by atoms with Crippen LogP contribution in [-0.2, 0) is 4.79 Å². The minimum atomic E-state index is -1.03. The van der Waals surface area contributed by atoms with E-state index in [-0.39, 0.29) is 0 Å². The molecule has 2 heterocycles. The first-order chi connectivity index (χ1) is 9.97. The molecule has 1 fully saturated rings. The Morgan fingerprint density at radius 3 is 2.95 bits per heavy atom. The molecule has 4 N–H and O–H groups in total. The van der Waals surface area contributed by atoms with Crippen molar-refractivity contribution in [3.63, 3.8) is 0 Å². The lowest BCUT2D eigenvalue weighted by atomic mass is 10.1. The predicted molar refractivity (Wildman–Crippen MR) is 79.8 cm³/mol. The SMILES string of the molecule is Nc1ccc(Cl)cc1C1=CC(O)N2C(=N1)CC[C@H]2C(=O)O. The van der Waals surface area contributed by atoms with Crippen LogP contribution in [0.15, 0.2) is 29.3 Å². The van der Waals surface area contributed by atoms with Crippen molar-refractivity contribution in [2.45, 2.75) is 25.1 Å². The van der Waals surface area contributed by atoms with Crippen LogP contribution in [0.2, 0.25) is 5.02 Å². The fraction of sp³-hybridized carbons (Fsp3) is 0.286. The van der Waals surface area contributed by atoms with Gasteiger partial charge in [-0.2, -0.15) is 0 Å². The summed E-state index contributed by atoms with van der Waals surface area (Å²) >= 11 is 5.97. The molecule has 1 aromatic carbocycles. The number of aliphatic carboxylic acids is 1. The minimum Gasteiger partial charge on any atom is -0.480 e. The molecule has 0 saturated carbocycles. The lowest BCUT2D eigenvalue weighted by molar-refractivity contribution is -0.143. The number of aliphatic hydroxyl groups excluding tert-OH is 1. The number of hydrogen-bond donors (Lipinski definition) is 3. The lowest BCUT2D eigenvalue weighted by Gasteiger charge is -2.31. The fourth-order valence-corrected chi connectivity index (χ4v) is 2.88. The summed E-state index contributed by atoms with van der Waals surface area (Å²) in [6.07, 6.45) is 1.39. The molecule has 2 aliphatic heterocycles. The number of nitrogen functional groups attached to an aromatic ring is 1. The van der Waals surface area contributed by atoms with Crippen LogP contribution >= 0.6 is 11.6 Å². The van der Waals surface area contributed by atoms with Gasteiger partial charge >= 0.3 is 5.97 Å². The van der Waals surface area contributed by atoms with Crippen LogP contribution in [0.4, 0.5) is 5.69 Å². The molecule has 1 unspecified atom stereocenters. The molecule has 1 saturated heterocycles. The molecule has 6 nitrogen and oxygen atoms in total. The number of halogens is 1. The maximum Gasteiger partial charge on any atom is 0.326 e. The Hall–Kier alpha value is -2.05. The van der Waals surface area contributed by atoms with Crippen molar-refractivity contribution < 1.29 is 15.0 Å². The van der Waals surface area contributed by atoms with Crippen molar-refractivity contribution in [2.75, 3.05) is 5.73 Å². The zero-order chi connectivity index (χ0) is 15.1. The number of nitrogens with two attached hydrogens (primary N) is 1. The third kappa shape index (κ3) is 2.36. The zero-order valence-electron chi connectivity index (χ0n) is 11.0. The molecule has 0 aromatic heterocycles. The molecule has 0 bridgehead atoms. The van der Waals surface area contributed by atoms with Crippen molar-refractivity contribution >= 4 is 34.8 Å².